The SMILES string of the molecule is CCCCCN1C(=O)C(=O)/C(=C(\O)c2ccc(OCCC)cc2)C1c1ccc(OCC)cc1. The van der Waals surface area contributed by atoms with Gasteiger partial charge in [-0.3, -0.25) is 9.59 Å². The lowest BCUT2D eigenvalue weighted by Crippen LogP contribution is -2.30. The van der Waals surface area contributed by atoms with E-state index in [2.05, 4.69) is 6.92 Å². The number of Topliss-reactive ketones (excluding diaryl/α,β-unsaturated/α-hetero) is 1. The first-order valence-electron chi connectivity index (χ1n) is 11.8. The minimum absolute atomic E-state index is 0.114. The second-order valence-electron chi connectivity index (χ2n) is 8.07. The van der Waals surface area contributed by atoms with Crippen molar-refractivity contribution >= 4 is 17.4 Å². The van der Waals surface area contributed by atoms with Crippen LogP contribution in [0.4, 0.5) is 0 Å². The van der Waals surface area contributed by atoms with E-state index < -0.39 is 17.7 Å². The van der Waals surface area contributed by atoms with Crippen LogP contribution in [0, 0.1) is 0 Å². The summed E-state index contributed by atoms with van der Waals surface area (Å²) in [5.41, 5.74) is 1.35. The molecule has 0 bridgehead atoms. The van der Waals surface area contributed by atoms with E-state index in [0.717, 1.165) is 31.2 Å². The molecule has 6 nitrogen and oxygen atoms in total. The number of benzene rings is 2. The summed E-state index contributed by atoms with van der Waals surface area (Å²) in [7, 11) is 0. The largest absolute Gasteiger partial charge is 0.507 e. The first-order chi connectivity index (χ1) is 16.0. The molecule has 3 rings (SSSR count). The van der Waals surface area contributed by atoms with Crippen LogP contribution >= 0.6 is 0 Å². The predicted octanol–water partition coefficient (Wildman–Crippen LogP) is 5.49. The zero-order chi connectivity index (χ0) is 23.8. The maximum absolute atomic E-state index is 13.1. The van der Waals surface area contributed by atoms with Gasteiger partial charge in [0.15, 0.2) is 0 Å². The average molecular weight is 452 g/mol. The van der Waals surface area contributed by atoms with Gasteiger partial charge in [-0.1, -0.05) is 38.8 Å². The van der Waals surface area contributed by atoms with Crippen molar-refractivity contribution in [3.8, 4) is 11.5 Å². The van der Waals surface area contributed by atoms with Gasteiger partial charge in [0.05, 0.1) is 24.8 Å². The van der Waals surface area contributed by atoms with Crippen molar-refractivity contribution in [2.45, 2.75) is 52.5 Å². The van der Waals surface area contributed by atoms with E-state index in [1.54, 1.807) is 29.2 Å². The zero-order valence-corrected chi connectivity index (χ0v) is 19.7. The molecule has 1 amide bonds. The third-order valence-corrected chi connectivity index (χ3v) is 5.65. The maximum Gasteiger partial charge on any atom is 0.295 e. The Balaban J connectivity index is 2.01. The summed E-state index contributed by atoms with van der Waals surface area (Å²) in [5.74, 6) is -0.000713. The summed E-state index contributed by atoms with van der Waals surface area (Å²) < 4.78 is 11.1. The first kappa shape index (κ1) is 24.4. The molecule has 176 valence electrons. The summed E-state index contributed by atoms with van der Waals surface area (Å²) in [6.07, 6.45) is 3.65. The van der Waals surface area contributed by atoms with Crippen LogP contribution in [0.5, 0.6) is 11.5 Å². The quantitative estimate of drug-likeness (QED) is 0.212. The van der Waals surface area contributed by atoms with Crippen LogP contribution in [-0.4, -0.2) is 41.5 Å². The van der Waals surface area contributed by atoms with E-state index in [1.165, 1.54) is 0 Å². The highest BCUT2D eigenvalue weighted by molar-refractivity contribution is 6.46. The van der Waals surface area contributed by atoms with E-state index in [9.17, 15) is 14.7 Å². The molecule has 1 fully saturated rings. The Bertz CT molecular complexity index is 979. The van der Waals surface area contributed by atoms with Gasteiger partial charge in [0, 0.05) is 12.1 Å². The molecule has 0 spiro atoms. The Morgan fingerprint density at radius 1 is 0.879 bits per heavy atom. The van der Waals surface area contributed by atoms with Crippen molar-refractivity contribution in [2.75, 3.05) is 19.8 Å². The van der Waals surface area contributed by atoms with Gasteiger partial charge in [0.25, 0.3) is 11.7 Å². The number of aliphatic hydroxyl groups excluding tert-OH is 1. The van der Waals surface area contributed by atoms with Gasteiger partial charge < -0.3 is 19.5 Å². The van der Waals surface area contributed by atoms with Crippen LogP contribution in [0.15, 0.2) is 54.1 Å². The van der Waals surface area contributed by atoms with Gasteiger partial charge in [-0.15, -0.1) is 0 Å². The monoisotopic (exact) mass is 451 g/mol. The Morgan fingerprint density at radius 3 is 2.12 bits per heavy atom. The van der Waals surface area contributed by atoms with Crippen molar-refractivity contribution in [2.24, 2.45) is 0 Å². The number of rotatable bonds is 11. The van der Waals surface area contributed by atoms with Gasteiger partial charge in [-0.05, 0) is 61.7 Å². The van der Waals surface area contributed by atoms with Crippen molar-refractivity contribution in [3.05, 3.63) is 65.2 Å². The van der Waals surface area contributed by atoms with Gasteiger partial charge >= 0.3 is 0 Å². The second-order valence-corrected chi connectivity index (χ2v) is 8.07. The average Bonchev–Trinajstić information content (AvgIpc) is 3.08. The van der Waals surface area contributed by atoms with Gasteiger partial charge in [-0.25, -0.2) is 0 Å². The van der Waals surface area contributed by atoms with Gasteiger partial charge in [0.2, 0.25) is 0 Å². The van der Waals surface area contributed by atoms with E-state index >= 15 is 0 Å². The molecule has 2 aromatic carbocycles. The lowest BCUT2D eigenvalue weighted by Gasteiger charge is -2.25. The summed E-state index contributed by atoms with van der Waals surface area (Å²) in [4.78, 5) is 27.6. The molecule has 1 N–H and O–H groups in total. The van der Waals surface area contributed by atoms with Crippen molar-refractivity contribution in [3.63, 3.8) is 0 Å². The smallest absolute Gasteiger partial charge is 0.295 e. The minimum atomic E-state index is -0.658. The van der Waals surface area contributed by atoms with Crippen molar-refractivity contribution < 1.29 is 24.2 Å². The van der Waals surface area contributed by atoms with Crippen LogP contribution in [-0.2, 0) is 9.59 Å². The maximum atomic E-state index is 13.1. The molecule has 1 unspecified atom stereocenters. The second kappa shape index (κ2) is 11.5. The molecular weight excluding hydrogens is 418 g/mol. The number of aliphatic hydroxyl groups is 1. The number of likely N-dealkylation sites (tertiary alicyclic amines) is 1. The highest BCUT2D eigenvalue weighted by Gasteiger charge is 2.45. The van der Waals surface area contributed by atoms with Crippen LogP contribution in [0.3, 0.4) is 0 Å². The number of ketones is 1. The molecule has 0 saturated carbocycles. The first-order valence-corrected chi connectivity index (χ1v) is 11.8. The Hall–Kier alpha value is -3.28. The summed E-state index contributed by atoms with van der Waals surface area (Å²) in [6.45, 7) is 7.64. The molecule has 2 aromatic rings. The summed E-state index contributed by atoms with van der Waals surface area (Å²) >= 11 is 0. The number of hydrogen-bond donors (Lipinski definition) is 1. The standard InChI is InChI=1S/C27H33NO5/c1-4-7-8-17-28-24(19-9-13-21(14-10-19)32-6-3)23(26(30)27(28)31)25(29)20-11-15-22(16-12-20)33-18-5-2/h9-16,24,29H,4-8,17-18H2,1-3H3/b25-23-. The molecule has 1 heterocycles. The molecule has 1 aliphatic rings. The number of hydrogen-bond acceptors (Lipinski definition) is 5. The Labute approximate surface area is 195 Å². The molecular formula is C27H33NO5. The number of nitrogens with zero attached hydrogens (tertiary/aromatic N) is 1. The lowest BCUT2D eigenvalue weighted by molar-refractivity contribution is -0.139. The molecule has 6 heteroatoms. The number of amides is 1. The lowest BCUT2D eigenvalue weighted by atomic mass is 9.95. The fourth-order valence-electron chi connectivity index (χ4n) is 3.99. The van der Waals surface area contributed by atoms with Crippen molar-refractivity contribution in [1.82, 2.24) is 4.90 Å². The van der Waals surface area contributed by atoms with Crippen LogP contribution < -0.4 is 9.47 Å². The van der Waals surface area contributed by atoms with Gasteiger partial charge in [0.1, 0.15) is 17.3 Å². The Morgan fingerprint density at radius 2 is 1.52 bits per heavy atom. The molecule has 1 aliphatic heterocycles. The highest BCUT2D eigenvalue weighted by atomic mass is 16.5. The van der Waals surface area contributed by atoms with Crippen LogP contribution in [0.2, 0.25) is 0 Å². The number of carbonyl (C=O) groups is 2. The Kier molecular flexibility index (Phi) is 8.52. The molecule has 0 aliphatic carbocycles. The number of carbonyl (C=O) groups excluding carboxylic acids is 2. The third kappa shape index (κ3) is 5.56. The predicted molar refractivity (Wildman–Crippen MR) is 128 cm³/mol. The normalized spacial score (nSPS) is 17.4. The van der Waals surface area contributed by atoms with Crippen LogP contribution in [0.25, 0.3) is 5.76 Å². The summed E-state index contributed by atoms with van der Waals surface area (Å²) in [6, 6.07) is 13.6. The van der Waals surface area contributed by atoms with E-state index in [-0.39, 0.29) is 11.3 Å². The van der Waals surface area contributed by atoms with E-state index in [4.69, 9.17) is 9.47 Å². The topological polar surface area (TPSA) is 76.1 Å². The number of unbranched alkanes of at least 4 members (excludes halogenated alkanes) is 2. The molecule has 1 atom stereocenters. The highest BCUT2D eigenvalue weighted by Crippen LogP contribution is 2.40. The fraction of sp³-hybridized carbons (Fsp3) is 0.407. The summed E-state index contributed by atoms with van der Waals surface area (Å²) in [5, 5.41) is 11.1. The number of ether oxygens (including phenoxy) is 2. The van der Waals surface area contributed by atoms with E-state index in [1.807, 2.05) is 38.1 Å². The van der Waals surface area contributed by atoms with Crippen molar-refractivity contribution in [1.29, 1.82) is 0 Å². The zero-order valence-electron chi connectivity index (χ0n) is 19.7. The molecule has 1 saturated heterocycles. The van der Waals surface area contributed by atoms with E-state index in [0.29, 0.717) is 36.8 Å². The third-order valence-electron chi connectivity index (χ3n) is 5.65. The molecule has 0 radical (unpaired) electrons. The molecule has 33 heavy (non-hydrogen) atoms. The molecule has 0 aromatic heterocycles. The fourth-order valence-corrected chi connectivity index (χ4v) is 3.99. The van der Waals surface area contributed by atoms with Crippen LogP contribution in [0.1, 0.15) is 63.6 Å². The minimum Gasteiger partial charge on any atom is -0.507 e. The van der Waals surface area contributed by atoms with Gasteiger partial charge in [-0.2, -0.15) is 0 Å².